The van der Waals surface area contributed by atoms with Gasteiger partial charge >= 0.3 is 0 Å². The first-order chi connectivity index (χ1) is 13.8. The minimum atomic E-state index is 0.628. The average molecular weight is 392 g/mol. The summed E-state index contributed by atoms with van der Waals surface area (Å²) in [7, 11) is 1.66. The Morgan fingerprint density at radius 2 is 1.82 bits per heavy atom. The Hall–Kier alpha value is -3.06. The number of para-hydroxylation sites is 1. The van der Waals surface area contributed by atoms with Crippen molar-refractivity contribution >= 4 is 11.8 Å². The maximum atomic E-state index is 5.62. The monoisotopic (exact) mass is 392 g/mol. The number of oxazole rings is 1. The maximum Gasteiger partial charge on any atom is 0.226 e. The van der Waals surface area contributed by atoms with E-state index < -0.39 is 0 Å². The zero-order chi connectivity index (χ0) is 19.3. The smallest absolute Gasteiger partial charge is 0.226 e. The molecule has 4 aromatic rings. The molecule has 0 unspecified atom stereocenters. The number of nitrogens with zero attached hydrogens (tertiary/aromatic N) is 4. The highest BCUT2D eigenvalue weighted by molar-refractivity contribution is 7.98. The lowest BCUT2D eigenvalue weighted by Crippen LogP contribution is -2.01. The van der Waals surface area contributed by atoms with Crippen molar-refractivity contribution < 1.29 is 9.15 Å². The van der Waals surface area contributed by atoms with Crippen LogP contribution < -0.4 is 4.74 Å². The lowest BCUT2D eigenvalue weighted by atomic mass is 10.2. The molecule has 4 rings (SSSR count). The predicted octanol–water partition coefficient (Wildman–Crippen LogP) is 4.92. The maximum absolute atomic E-state index is 5.62. The van der Waals surface area contributed by atoms with Crippen LogP contribution in [-0.4, -0.2) is 26.9 Å². The molecular weight excluding hydrogens is 372 g/mol. The summed E-state index contributed by atoms with van der Waals surface area (Å²) in [6.07, 6.45) is 1.70. The standard InChI is InChI=1S/C21H20N4O2S/c1-3-25-19(17-11-7-8-12-18(17)26-2)23-24-21(25)28-14-16-13-27-20(22-16)15-9-5-4-6-10-15/h4-13H,3,14H2,1-2H3. The topological polar surface area (TPSA) is 66.0 Å². The third-order valence-electron chi connectivity index (χ3n) is 4.30. The highest BCUT2D eigenvalue weighted by Gasteiger charge is 2.17. The summed E-state index contributed by atoms with van der Waals surface area (Å²) in [6.45, 7) is 2.84. The van der Waals surface area contributed by atoms with Crippen LogP contribution in [0.1, 0.15) is 12.6 Å². The summed E-state index contributed by atoms with van der Waals surface area (Å²) in [5.41, 5.74) is 2.77. The van der Waals surface area contributed by atoms with Crippen molar-refractivity contribution in [1.29, 1.82) is 0 Å². The first-order valence-electron chi connectivity index (χ1n) is 8.99. The van der Waals surface area contributed by atoms with Gasteiger partial charge in [0, 0.05) is 17.9 Å². The molecule has 6 nitrogen and oxygen atoms in total. The van der Waals surface area contributed by atoms with Crippen LogP contribution >= 0.6 is 11.8 Å². The minimum Gasteiger partial charge on any atom is -0.496 e. The number of hydrogen-bond acceptors (Lipinski definition) is 6. The summed E-state index contributed by atoms with van der Waals surface area (Å²) in [5.74, 6) is 2.86. The number of aromatic nitrogens is 4. The van der Waals surface area contributed by atoms with Gasteiger partial charge in [-0.2, -0.15) is 0 Å². The quantitative estimate of drug-likeness (QED) is 0.416. The minimum absolute atomic E-state index is 0.628. The van der Waals surface area contributed by atoms with E-state index in [9.17, 15) is 0 Å². The molecule has 0 amide bonds. The summed E-state index contributed by atoms with van der Waals surface area (Å²) in [6, 6.07) is 17.7. The number of hydrogen-bond donors (Lipinski definition) is 0. The zero-order valence-electron chi connectivity index (χ0n) is 15.7. The Morgan fingerprint density at radius 3 is 2.61 bits per heavy atom. The van der Waals surface area contributed by atoms with E-state index in [0.717, 1.165) is 40.1 Å². The molecule has 28 heavy (non-hydrogen) atoms. The third-order valence-corrected chi connectivity index (χ3v) is 5.30. The van der Waals surface area contributed by atoms with Gasteiger partial charge < -0.3 is 13.7 Å². The molecule has 0 saturated heterocycles. The fraction of sp³-hybridized carbons (Fsp3) is 0.190. The van der Waals surface area contributed by atoms with Gasteiger partial charge in [0.05, 0.1) is 18.4 Å². The van der Waals surface area contributed by atoms with Crippen molar-refractivity contribution in [2.75, 3.05) is 7.11 Å². The van der Waals surface area contributed by atoms with Crippen molar-refractivity contribution in [3.05, 3.63) is 66.6 Å². The van der Waals surface area contributed by atoms with E-state index in [0.29, 0.717) is 11.6 Å². The molecule has 2 aromatic carbocycles. The van der Waals surface area contributed by atoms with E-state index in [-0.39, 0.29) is 0 Å². The molecule has 0 saturated carbocycles. The second-order valence-electron chi connectivity index (χ2n) is 6.05. The molecule has 0 aliphatic heterocycles. The van der Waals surface area contributed by atoms with Gasteiger partial charge in [-0.1, -0.05) is 42.1 Å². The highest BCUT2D eigenvalue weighted by atomic mass is 32.2. The van der Waals surface area contributed by atoms with Crippen molar-refractivity contribution in [2.45, 2.75) is 24.4 Å². The summed E-state index contributed by atoms with van der Waals surface area (Å²) in [5, 5.41) is 9.62. The molecule has 2 heterocycles. The number of ether oxygens (including phenoxy) is 1. The van der Waals surface area contributed by atoms with Gasteiger partial charge in [-0.05, 0) is 31.2 Å². The van der Waals surface area contributed by atoms with Crippen LogP contribution in [0.15, 0.2) is 70.4 Å². The van der Waals surface area contributed by atoms with Crippen LogP contribution in [0.3, 0.4) is 0 Å². The normalized spacial score (nSPS) is 10.9. The van der Waals surface area contributed by atoms with Gasteiger partial charge in [-0.3, -0.25) is 0 Å². The second-order valence-corrected chi connectivity index (χ2v) is 6.99. The van der Waals surface area contributed by atoms with Gasteiger partial charge in [0.15, 0.2) is 11.0 Å². The van der Waals surface area contributed by atoms with Gasteiger partial charge in [0.25, 0.3) is 0 Å². The molecule has 0 N–H and O–H groups in total. The molecule has 7 heteroatoms. The predicted molar refractivity (Wildman–Crippen MR) is 109 cm³/mol. The largest absolute Gasteiger partial charge is 0.496 e. The highest BCUT2D eigenvalue weighted by Crippen LogP contribution is 2.31. The Balaban J connectivity index is 1.53. The van der Waals surface area contributed by atoms with Crippen molar-refractivity contribution in [3.63, 3.8) is 0 Å². The molecule has 2 aromatic heterocycles. The van der Waals surface area contributed by atoms with E-state index in [4.69, 9.17) is 9.15 Å². The Kier molecular flexibility index (Phi) is 5.43. The fourth-order valence-corrected chi connectivity index (χ4v) is 3.81. The molecule has 142 valence electrons. The molecule has 0 atom stereocenters. The van der Waals surface area contributed by atoms with Gasteiger partial charge in [0.2, 0.25) is 5.89 Å². The molecule has 0 bridgehead atoms. The van der Waals surface area contributed by atoms with Crippen molar-refractivity contribution in [3.8, 4) is 28.6 Å². The lowest BCUT2D eigenvalue weighted by molar-refractivity contribution is 0.416. The molecule has 0 aliphatic carbocycles. The van der Waals surface area contributed by atoms with Crippen LogP contribution in [0.4, 0.5) is 0 Å². The Labute approximate surface area is 167 Å². The second kappa shape index (κ2) is 8.31. The SMILES string of the molecule is CCn1c(SCc2coc(-c3ccccc3)n2)nnc1-c1ccccc1OC. The van der Waals surface area contributed by atoms with Crippen molar-refractivity contribution in [2.24, 2.45) is 0 Å². The van der Waals surface area contributed by atoms with E-state index in [2.05, 4.69) is 26.7 Å². The van der Waals surface area contributed by atoms with Crippen LogP contribution in [0.2, 0.25) is 0 Å². The molecule has 0 radical (unpaired) electrons. The van der Waals surface area contributed by atoms with E-state index in [1.165, 1.54) is 0 Å². The Morgan fingerprint density at radius 1 is 1.04 bits per heavy atom. The van der Waals surface area contributed by atoms with E-state index in [1.54, 1.807) is 25.1 Å². The Bertz CT molecular complexity index is 1060. The zero-order valence-corrected chi connectivity index (χ0v) is 16.5. The number of benzene rings is 2. The van der Waals surface area contributed by atoms with E-state index in [1.807, 2.05) is 54.6 Å². The molecule has 0 fully saturated rings. The molecule has 0 aliphatic rings. The van der Waals surface area contributed by atoms with Crippen LogP contribution in [0, 0.1) is 0 Å². The lowest BCUT2D eigenvalue weighted by Gasteiger charge is -2.10. The van der Waals surface area contributed by atoms with Crippen molar-refractivity contribution in [1.82, 2.24) is 19.7 Å². The summed E-state index contributed by atoms with van der Waals surface area (Å²) < 4.78 is 13.2. The van der Waals surface area contributed by atoms with E-state index >= 15 is 0 Å². The van der Waals surface area contributed by atoms with Crippen LogP contribution in [0.25, 0.3) is 22.8 Å². The number of rotatable bonds is 7. The van der Waals surface area contributed by atoms with Gasteiger partial charge in [0.1, 0.15) is 12.0 Å². The van der Waals surface area contributed by atoms with Gasteiger partial charge in [-0.15, -0.1) is 10.2 Å². The summed E-state index contributed by atoms with van der Waals surface area (Å²) >= 11 is 1.59. The van der Waals surface area contributed by atoms with Crippen LogP contribution in [0.5, 0.6) is 5.75 Å². The fourth-order valence-electron chi connectivity index (χ4n) is 2.93. The average Bonchev–Trinajstić information content (AvgIpc) is 3.39. The third kappa shape index (κ3) is 3.66. The summed E-state index contributed by atoms with van der Waals surface area (Å²) in [4.78, 5) is 4.58. The number of thioether (sulfide) groups is 1. The first-order valence-corrected chi connectivity index (χ1v) is 9.98. The number of methoxy groups -OCH3 is 1. The van der Waals surface area contributed by atoms with Crippen LogP contribution in [-0.2, 0) is 12.3 Å². The molecular formula is C21H20N4O2S. The molecule has 0 spiro atoms. The van der Waals surface area contributed by atoms with Gasteiger partial charge in [-0.25, -0.2) is 4.98 Å². The first kappa shape index (κ1) is 18.3.